The molecule has 0 radical (unpaired) electrons. The molecule has 1 nitrogen and oxygen atoms in total. The minimum atomic E-state index is -0.434. The topological polar surface area (TPSA) is 9.23 Å². The number of methoxy groups -OCH3 is 1. The summed E-state index contributed by atoms with van der Waals surface area (Å²) in [5.74, 6) is 2.90. The Balaban J connectivity index is 2.60. The van der Waals surface area contributed by atoms with Gasteiger partial charge in [0, 0.05) is 10.0 Å². The second-order valence-electron chi connectivity index (χ2n) is 3.69. The Kier molecular flexibility index (Phi) is 2.47. The van der Waals surface area contributed by atoms with Gasteiger partial charge in [0.1, 0.15) is 11.6 Å². The third-order valence-electron chi connectivity index (χ3n) is 2.74. The Morgan fingerprint density at radius 2 is 2.20 bits per heavy atom. The molecule has 78 valence electrons. The molecule has 1 aromatic rings. The van der Waals surface area contributed by atoms with Gasteiger partial charge in [-0.1, -0.05) is 21.9 Å². The van der Waals surface area contributed by atoms with Gasteiger partial charge in [-0.3, -0.25) is 0 Å². The van der Waals surface area contributed by atoms with Gasteiger partial charge < -0.3 is 4.74 Å². The summed E-state index contributed by atoms with van der Waals surface area (Å²) in [7, 11) is 1.53. The Bertz CT molecular complexity index is 444. The van der Waals surface area contributed by atoms with Crippen molar-refractivity contribution in [3.8, 4) is 18.1 Å². The van der Waals surface area contributed by atoms with Gasteiger partial charge >= 0.3 is 0 Å². The summed E-state index contributed by atoms with van der Waals surface area (Å²) in [6.07, 6.45) is 7.11. The van der Waals surface area contributed by atoms with Crippen LogP contribution in [0.15, 0.2) is 16.6 Å². The molecule has 0 N–H and O–H groups in total. The monoisotopic (exact) mass is 268 g/mol. The second-order valence-corrected chi connectivity index (χ2v) is 4.61. The molecule has 0 unspecified atom stereocenters. The lowest BCUT2D eigenvalue weighted by Gasteiger charge is -2.14. The summed E-state index contributed by atoms with van der Waals surface area (Å²) < 4.78 is 19.6. The summed E-state index contributed by atoms with van der Waals surface area (Å²) >= 11 is 3.23. The molecule has 15 heavy (non-hydrogen) atoms. The SMILES string of the molecule is C#CC1(c2c(F)cc(Br)cc2OC)CC1. The van der Waals surface area contributed by atoms with Crippen LogP contribution in [-0.4, -0.2) is 7.11 Å². The van der Waals surface area contributed by atoms with Crippen LogP contribution in [0.5, 0.6) is 5.75 Å². The first-order chi connectivity index (χ1) is 7.13. The Morgan fingerprint density at radius 3 is 2.67 bits per heavy atom. The highest BCUT2D eigenvalue weighted by Crippen LogP contribution is 2.52. The largest absolute Gasteiger partial charge is 0.496 e. The van der Waals surface area contributed by atoms with E-state index >= 15 is 0 Å². The van der Waals surface area contributed by atoms with Gasteiger partial charge in [-0.15, -0.1) is 6.42 Å². The highest BCUT2D eigenvalue weighted by atomic mass is 79.9. The predicted octanol–water partition coefficient (Wildman–Crippen LogP) is 3.26. The van der Waals surface area contributed by atoms with Crippen LogP contribution < -0.4 is 4.74 Å². The van der Waals surface area contributed by atoms with Crippen molar-refractivity contribution in [3.63, 3.8) is 0 Å². The minimum absolute atomic E-state index is 0.295. The van der Waals surface area contributed by atoms with E-state index in [0.717, 1.165) is 12.8 Å². The van der Waals surface area contributed by atoms with Crippen LogP contribution in [0.25, 0.3) is 0 Å². The second kappa shape index (κ2) is 3.53. The van der Waals surface area contributed by atoms with E-state index in [-0.39, 0.29) is 5.82 Å². The lowest BCUT2D eigenvalue weighted by molar-refractivity contribution is 0.401. The van der Waals surface area contributed by atoms with Crippen molar-refractivity contribution in [2.75, 3.05) is 7.11 Å². The molecular weight excluding hydrogens is 259 g/mol. The average molecular weight is 269 g/mol. The minimum Gasteiger partial charge on any atom is -0.496 e. The highest BCUT2D eigenvalue weighted by Gasteiger charge is 2.46. The number of halogens is 2. The molecular formula is C12H10BrFO. The molecule has 1 saturated carbocycles. The van der Waals surface area contributed by atoms with E-state index < -0.39 is 5.41 Å². The molecule has 0 amide bonds. The van der Waals surface area contributed by atoms with Crippen molar-refractivity contribution in [2.45, 2.75) is 18.3 Å². The zero-order chi connectivity index (χ0) is 11.1. The molecule has 1 aliphatic carbocycles. The lowest BCUT2D eigenvalue weighted by Crippen LogP contribution is -2.08. The van der Waals surface area contributed by atoms with Gasteiger partial charge in [-0.25, -0.2) is 4.39 Å². The smallest absolute Gasteiger partial charge is 0.132 e. The maximum Gasteiger partial charge on any atom is 0.132 e. The van der Waals surface area contributed by atoms with Gasteiger partial charge in [-0.2, -0.15) is 0 Å². The van der Waals surface area contributed by atoms with Crippen molar-refractivity contribution >= 4 is 15.9 Å². The van der Waals surface area contributed by atoms with E-state index in [1.165, 1.54) is 13.2 Å². The first-order valence-electron chi connectivity index (χ1n) is 4.64. The molecule has 0 bridgehead atoms. The van der Waals surface area contributed by atoms with E-state index in [1.54, 1.807) is 6.07 Å². The molecule has 0 saturated heterocycles. The Hall–Kier alpha value is -1.01. The van der Waals surface area contributed by atoms with Gasteiger partial charge in [-0.05, 0) is 25.0 Å². The lowest BCUT2D eigenvalue weighted by atomic mass is 9.95. The standard InChI is InChI=1S/C12H10BrFO/c1-3-12(4-5-12)11-9(14)6-8(13)7-10(11)15-2/h1,6-7H,4-5H2,2H3. The van der Waals surface area contributed by atoms with Crippen molar-refractivity contribution in [3.05, 3.63) is 28.0 Å². The van der Waals surface area contributed by atoms with Crippen LogP contribution in [0, 0.1) is 18.2 Å². The predicted molar refractivity (Wildman–Crippen MR) is 60.4 cm³/mol. The van der Waals surface area contributed by atoms with Crippen LogP contribution >= 0.6 is 15.9 Å². The molecule has 1 aliphatic rings. The summed E-state index contributed by atoms with van der Waals surface area (Å²) in [6.45, 7) is 0. The first-order valence-corrected chi connectivity index (χ1v) is 5.43. The maximum atomic E-state index is 13.8. The number of ether oxygens (including phenoxy) is 1. The van der Waals surface area contributed by atoms with Gasteiger partial charge in [0.15, 0.2) is 0 Å². The van der Waals surface area contributed by atoms with E-state index in [2.05, 4.69) is 21.9 Å². The van der Waals surface area contributed by atoms with E-state index in [4.69, 9.17) is 11.2 Å². The molecule has 0 aromatic heterocycles. The normalized spacial score (nSPS) is 16.9. The molecule has 0 spiro atoms. The fourth-order valence-corrected chi connectivity index (χ4v) is 2.18. The maximum absolute atomic E-state index is 13.8. The van der Waals surface area contributed by atoms with E-state index in [9.17, 15) is 4.39 Å². The van der Waals surface area contributed by atoms with Crippen LogP contribution in [0.4, 0.5) is 4.39 Å². The number of hydrogen-bond donors (Lipinski definition) is 0. The molecule has 1 fully saturated rings. The summed E-state index contributed by atoms with van der Waals surface area (Å²) in [5.41, 5.74) is 0.0894. The number of benzene rings is 1. The first kappa shape index (κ1) is 10.5. The van der Waals surface area contributed by atoms with Crippen LogP contribution in [-0.2, 0) is 5.41 Å². The average Bonchev–Trinajstić information content (AvgIpc) is 2.97. The Morgan fingerprint density at radius 1 is 1.53 bits per heavy atom. The fraction of sp³-hybridized carbons (Fsp3) is 0.333. The zero-order valence-electron chi connectivity index (χ0n) is 8.31. The van der Waals surface area contributed by atoms with E-state index in [0.29, 0.717) is 15.8 Å². The molecule has 0 aliphatic heterocycles. The van der Waals surface area contributed by atoms with Gasteiger partial charge in [0.2, 0.25) is 0 Å². The molecule has 2 rings (SSSR count). The quantitative estimate of drug-likeness (QED) is 0.749. The number of terminal acetylenes is 1. The van der Waals surface area contributed by atoms with Crippen LogP contribution in [0.2, 0.25) is 0 Å². The highest BCUT2D eigenvalue weighted by molar-refractivity contribution is 9.10. The fourth-order valence-electron chi connectivity index (χ4n) is 1.77. The molecule has 3 heteroatoms. The number of rotatable bonds is 2. The van der Waals surface area contributed by atoms with Gasteiger partial charge in [0.05, 0.1) is 12.5 Å². The molecule has 0 atom stereocenters. The van der Waals surface area contributed by atoms with Crippen molar-refractivity contribution in [2.24, 2.45) is 0 Å². The third kappa shape index (κ3) is 1.63. The molecule has 0 heterocycles. The van der Waals surface area contributed by atoms with Crippen molar-refractivity contribution in [1.29, 1.82) is 0 Å². The van der Waals surface area contributed by atoms with Crippen molar-refractivity contribution in [1.82, 2.24) is 0 Å². The molecule has 1 aromatic carbocycles. The van der Waals surface area contributed by atoms with Gasteiger partial charge in [0.25, 0.3) is 0 Å². The van der Waals surface area contributed by atoms with E-state index in [1.807, 2.05) is 0 Å². The van der Waals surface area contributed by atoms with Crippen molar-refractivity contribution < 1.29 is 9.13 Å². The summed E-state index contributed by atoms with van der Waals surface area (Å²) in [4.78, 5) is 0. The Labute approximate surface area is 96.8 Å². The third-order valence-corrected chi connectivity index (χ3v) is 3.20. The summed E-state index contributed by atoms with van der Waals surface area (Å²) in [6, 6.07) is 3.17. The van der Waals surface area contributed by atoms with Crippen LogP contribution in [0.3, 0.4) is 0 Å². The summed E-state index contributed by atoms with van der Waals surface area (Å²) in [5, 5.41) is 0. The zero-order valence-corrected chi connectivity index (χ0v) is 9.90. The number of hydrogen-bond acceptors (Lipinski definition) is 1. The van der Waals surface area contributed by atoms with Crippen LogP contribution in [0.1, 0.15) is 18.4 Å².